The second kappa shape index (κ2) is 3.84. The molecule has 0 saturated heterocycles. The molecule has 0 aliphatic rings. The van der Waals surface area contributed by atoms with Crippen molar-refractivity contribution in [1.82, 2.24) is 5.73 Å². The van der Waals surface area contributed by atoms with E-state index in [1.807, 2.05) is 0 Å². The smallest absolute Gasteiger partial charge is 0.269 e. The van der Waals surface area contributed by atoms with Crippen molar-refractivity contribution in [2.45, 2.75) is 6.04 Å². The average Bonchev–Trinajstić information content (AvgIpc) is 2.16. The van der Waals surface area contributed by atoms with Crippen molar-refractivity contribution >= 4 is 11.6 Å². The van der Waals surface area contributed by atoms with Crippen molar-refractivity contribution in [2.75, 3.05) is 0 Å². The number of non-ortho nitro benzene ring substituents is 1. The zero-order chi connectivity index (χ0) is 10.7. The van der Waals surface area contributed by atoms with Crippen molar-refractivity contribution < 1.29 is 9.72 Å². The van der Waals surface area contributed by atoms with Gasteiger partial charge in [-0.2, -0.15) is 0 Å². The van der Waals surface area contributed by atoms with Crippen molar-refractivity contribution in [2.24, 2.45) is 5.73 Å². The van der Waals surface area contributed by atoms with Gasteiger partial charge in [-0.3, -0.25) is 20.6 Å². The lowest BCUT2D eigenvalue weighted by Crippen LogP contribution is -2.21. The summed E-state index contributed by atoms with van der Waals surface area (Å²) >= 11 is 0. The number of carbonyl (C=O) groups is 1. The monoisotopic (exact) mass is 194 g/mol. The maximum Gasteiger partial charge on any atom is 0.269 e. The summed E-state index contributed by atoms with van der Waals surface area (Å²) in [5, 5.41) is 10.3. The molecule has 0 saturated carbocycles. The first kappa shape index (κ1) is 10.1. The van der Waals surface area contributed by atoms with Crippen LogP contribution in [0.1, 0.15) is 11.6 Å². The van der Waals surface area contributed by atoms with E-state index in [4.69, 9.17) is 11.5 Å². The van der Waals surface area contributed by atoms with E-state index in [0.717, 1.165) is 0 Å². The first-order valence-corrected chi connectivity index (χ1v) is 3.77. The number of nitrogens with two attached hydrogens (primary N) is 1. The van der Waals surface area contributed by atoms with Gasteiger partial charge in [0.2, 0.25) is 0 Å². The summed E-state index contributed by atoms with van der Waals surface area (Å²) in [6, 6.07) is 4.21. The Balaban J connectivity index is 2.94. The molecule has 1 aromatic carbocycles. The van der Waals surface area contributed by atoms with Gasteiger partial charge in [0, 0.05) is 12.1 Å². The minimum atomic E-state index is -1.03. The van der Waals surface area contributed by atoms with Crippen LogP contribution in [0.4, 0.5) is 5.69 Å². The lowest BCUT2D eigenvalue weighted by molar-refractivity contribution is -0.384. The van der Waals surface area contributed by atoms with Crippen molar-refractivity contribution in [3.8, 4) is 0 Å². The molecule has 73 valence electrons. The van der Waals surface area contributed by atoms with E-state index in [9.17, 15) is 14.9 Å². The molecule has 0 aliphatic heterocycles. The van der Waals surface area contributed by atoms with Crippen LogP contribution in [0.15, 0.2) is 24.3 Å². The highest BCUT2D eigenvalue weighted by molar-refractivity contribution is 5.80. The number of benzene rings is 1. The summed E-state index contributed by atoms with van der Waals surface area (Å²) in [6.07, 6.45) is 0. The fraction of sp³-hybridized carbons (Fsp3) is 0.125. The molecule has 0 bridgehead atoms. The highest BCUT2D eigenvalue weighted by atomic mass is 16.6. The second-order valence-corrected chi connectivity index (χ2v) is 2.69. The van der Waals surface area contributed by atoms with E-state index in [1.165, 1.54) is 24.3 Å². The molecule has 6 nitrogen and oxygen atoms in total. The highest BCUT2D eigenvalue weighted by Gasteiger charge is 2.13. The van der Waals surface area contributed by atoms with Gasteiger partial charge < -0.3 is 5.73 Å². The second-order valence-electron chi connectivity index (χ2n) is 2.69. The third-order valence-electron chi connectivity index (χ3n) is 1.75. The first-order chi connectivity index (χ1) is 6.52. The number of nitrogens with zero attached hydrogens (tertiary/aromatic N) is 1. The number of hydrogen-bond donors (Lipinski definition) is 1. The fourth-order valence-electron chi connectivity index (χ4n) is 0.955. The van der Waals surface area contributed by atoms with E-state index in [2.05, 4.69) is 0 Å². The fourth-order valence-corrected chi connectivity index (χ4v) is 0.955. The van der Waals surface area contributed by atoms with Gasteiger partial charge in [0.05, 0.1) is 4.92 Å². The summed E-state index contributed by atoms with van der Waals surface area (Å²) in [6.45, 7) is 0. The molecule has 0 fully saturated rings. The van der Waals surface area contributed by atoms with Crippen molar-refractivity contribution in [3.05, 3.63) is 39.9 Å². The van der Waals surface area contributed by atoms with Gasteiger partial charge in [0.15, 0.2) is 0 Å². The molecule has 1 aromatic rings. The van der Waals surface area contributed by atoms with Crippen LogP contribution in [0.25, 0.3) is 0 Å². The number of carbonyl (C=O) groups excluding carboxylic acids is 1. The van der Waals surface area contributed by atoms with Crippen LogP contribution in [0.5, 0.6) is 0 Å². The van der Waals surface area contributed by atoms with Gasteiger partial charge in [-0.05, 0) is 5.56 Å². The molecule has 3 N–H and O–H groups in total. The first-order valence-electron chi connectivity index (χ1n) is 3.77. The Morgan fingerprint density at radius 3 is 2.29 bits per heavy atom. The molecular formula is C8H8N3O3. The third kappa shape index (κ3) is 2.05. The van der Waals surface area contributed by atoms with Gasteiger partial charge in [-0.1, -0.05) is 12.1 Å². The molecular weight excluding hydrogens is 186 g/mol. The molecule has 1 unspecified atom stereocenters. The van der Waals surface area contributed by atoms with Crippen LogP contribution in [0, 0.1) is 10.1 Å². The van der Waals surface area contributed by atoms with Gasteiger partial charge in [-0.15, -0.1) is 0 Å². The number of amides is 1. The Morgan fingerprint density at radius 2 is 1.93 bits per heavy atom. The van der Waals surface area contributed by atoms with Crippen LogP contribution in [0.3, 0.4) is 0 Å². The normalized spacial score (nSPS) is 12.1. The van der Waals surface area contributed by atoms with E-state index in [-0.39, 0.29) is 5.69 Å². The maximum atomic E-state index is 10.6. The molecule has 1 rings (SSSR count). The SMILES string of the molecule is [NH]C(=O)C(N)c1ccc([N+](=O)[O-])cc1. The van der Waals surface area contributed by atoms with Gasteiger partial charge >= 0.3 is 0 Å². The summed E-state index contributed by atoms with van der Waals surface area (Å²) in [4.78, 5) is 20.3. The van der Waals surface area contributed by atoms with Gasteiger partial charge in [0.1, 0.15) is 6.04 Å². The number of nitrogens with one attached hydrogen (secondary N) is 1. The maximum absolute atomic E-state index is 10.6. The predicted octanol–water partition coefficient (Wildman–Crippen LogP) is 0.404. The highest BCUT2D eigenvalue weighted by Crippen LogP contribution is 2.15. The molecule has 0 spiro atoms. The van der Waals surface area contributed by atoms with Crippen LogP contribution in [0.2, 0.25) is 0 Å². The van der Waals surface area contributed by atoms with E-state index in [1.54, 1.807) is 0 Å². The lowest BCUT2D eigenvalue weighted by atomic mass is 10.1. The zero-order valence-corrected chi connectivity index (χ0v) is 7.14. The quantitative estimate of drug-likeness (QED) is 0.554. The van der Waals surface area contributed by atoms with Crippen molar-refractivity contribution in [3.63, 3.8) is 0 Å². The molecule has 0 aliphatic carbocycles. The van der Waals surface area contributed by atoms with Crippen LogP contribution in [-0.4, -0.2) is 10.8 Å². The Labute approximate surface area is 79.7 Å². The zero-order valence-electron chi connectivity index (χ0n) is 7.14. The minimum Gasteiger partial charge on any atom is -0.316 e. The Morgan fingerprint density at radius 1 is 1.43 bits per heavy atom. The summed E-state index contributed by atoms with van der Waals surface area (Å²) in [7, 11) is 0. The topological polar surface area (TPSA) is 110 Å². The molecule has 1 amide bonds. The average molecular weight is 194 g/mol. The Hall–Kier alpha value is -1.95. The Kier molecular flexibility index (Phi) is 2.78. The molecule has 6 heteroatoms. The lowest BCUT2D eigenvalue weighted by Gasteiger charge is -2.05. The minimum absolute atomic E-state index is 0.0709. The van der Waals surface area contributed by atoms with Crippen LogP contribution < -0.4 is 11.5 Å². The van der Waals surface area contributed by atoms with Crippen LogP contribution in [-0.2, 0) is 4.79 Å². The van der Waals surface area contributed by atoms with Crippen molar-refractivity contribution in [1.29, 1.82) is 0 Å². The standard InChI is InChI=1S/C8H8N3O3/c9-7(8(10)12)5-1-3-6(4-2-5)11(13)14/h1-4,7,10H,9H2. The molecule has 1 radical (unpaired) electrons. The molecule has 0 aromatic heterocycles. The molecule has 0 heterocycles. The van der Waals surface area contributed by atoms with E-state index < -0.39 is 16.9 Å². The van der Waals surface area contributed by atoms with Crippen LogP contribution >= 0.6 is 0 Å². The van der Waals surface area contributed by atoms with E-state index in [0.29, 0.717) is 5.56 Å². The number of nitro groups is 1. The van der Waals surface area contributed by atoms with Gasteiger partial charge in [0.25, 0.3) is 11.6 Å². The number of nitro benzene ring substituents is 1. The van der Waals surface area contributed by atoms with E-state index >= 15 is 0 Å². The third-order valence-corrected chi connectivity index (χ3v) is 1.75. The molecule has 14 heavy (non-hydrogen) atoms. The molecule has 1 atom stereocenters. The number of rotatable bonds is 3. The predicted molar refractivity (Wildman–Crippen MR) is 48.1 cm³/mol. The largest absolute Gasteiger partial charge is 0.316 e. The van der Waals surface area contributed by atoms with Gasteiger partial charge in [-0.25, -0.2) is 0 Å². The number of hydrogen-bond acceptors (Lipinski definition) is 4. The summed E-state index contributed by atoms with van der Waals surface area (Å²) < 4.78 is 0. The summed E-state index contributed by atoms with van der Waals surface area (Å²) in [5.74, 6) is -0.918. The summed E-state index contributed by atoms with van der Waals surface area (Å²) in [5.41, 5.74) is 12.4. The Bertz CT molecular complexity index is 361.